The van der Waals surface area contributed by atoms with Gasteiger partial charge in [0.1, 0.15) is 0 Å². The summed E-state index contributed by atoms with van der Waals surface area (Å²) >= 11 is 0. The molecule has 0 aliphatic heterocycles. The van der Waals surface area contributed by atoms with Gasteiger partial charge in [-0.15, -0.1) is 0 Å². The average Bonchev–Trinajstić information content (AvgIpc) is 2.64. The van der Waals surface area contributed by atoms with Gasteiger partial charge in [-0.05, 0) is 17.8 Å². The van der Waals surface area contributed by atoms with Crippen LogP contribution in [0.1, 0.15) is 34.6 Å². The SMILES string of the molecule is CC1C=CC(C(=O)OCC(C)C)=C(C(=O)OCC(C)C)C=C1. The zero-order chi connectivity index (χ0) is 16.7. The summed E-state index contributed by atoms with van der Waals surface area (Å²) in [4.78, 5) is 24.5. The van der Waals surface area contributed by atoms with E-state index >= 15 is 0 Å². The van der Waals surface area contributed by atoms with Gasteiger partial charge in [-0.25, -0.2) is 9.59 Å². The molecule has 0 aromatic carbocycles. The van der Waals surface area contributed by atoms with Crippen LogP contribution < -0.4 is 0 Å². The molecule has 4 heteroatoms. The molecular formula is C18H26O4. The Labute approximate surface area is 132 Å². The van der Waals surface area contributed by atoms with E-state index in [2.05, 4.69) is 0 Å². The van der Waals surface area contributed by atoms with Gasteiger partial charge >= 0.3 is 11.9 Å². The number of esters is 2. The van der Waals surface area contributed by atoms with Crippen LogP contribution in [0, 0.1) is 17.8 Å². The molecule has 1 rings (SSSR count). The van der Waals surface area contributed by atoms with Crippen LogP contribution in [0.2, 0.25) is 0 Å². The van der Waals surface area contributed by atoms with Crippen molar-refractivity contribution in [1.29, 1.82) is 0 Å². The molecule has 0 spiro atoms. The number of allylic oxidation sites excluding steroid dienone is 2. The summed E-state index contributed by atoms with van der Waals surface area (Å²) in [6.45, 7) is 10.5. The zero-order valence-electron chi connectivity index (χ0n) is 14.1. The van der Waals surface area contributed by atoms with E-state index in [1.165, 1.54) is 0 Å². The summed E-state index contributed by atoms with van der Waals surface area (Å²) in [6.07, 6.45) is 7.04. The minimum atomic E-state index is -0.486. The van der Waals surface area contributed by atoms with E-state index in [-0.39, 0.29) is 28.9 Å². The Bertz CT molecular complexity index is 451. The maximum atomic E-state index is 12.2. The zero-order valence-corrected chi connectivity index (χ0v) is 14.1. The average molecular weight is 306 g/mol. The van der Waals surface area contributed by atoms with Crippen LogP contribution in [-0.2, 0) is 19.1 Å². The Morgan fingerprint density at radius 3 is 1.59 bits per heavy atom. The quantitative estimate of drug-likeness (QED) is 0.705. The molecule has 0 amide bonds. The van der Waals surface area contributed by atoms with Crippen LogP contribution >= 0.6 is 0 Å². The van der Waals surface area contributed by atoms with Crippen LogP contribution in [0.15, 0.2) is 35.5 Å². The van der Waals surface area contributed by atoms with E-state index in [0.29, 0.717) is 13.2 Å². The van der Waals surface area contributed by atoms with Crippen LogP contribution in [-0.4, -0.2) is 25.2 Å². The molecule has 0 aromatic heterocycles. The lowest BCUT2D eigenvalue weighted by Crippen LogP contribution is -2.17. The number of hydrogen-bond acceptors (Lipinski definition) is 4. The van der Waals surface area contributed by atoms with Gasteiger partial charge in [0, 0.05) is 0 Å². The lowest BCUT2D eigenvalue weighted by Gasteiger charge is -2.11. The Kier molecular flexibility index (Phi) is 7.09. The molecule has 22 heavy (non-hydrogen) atoms. The van der Waals surface area contributed by atoms with Crippen molar-refractivity contribution in [3.63, 3.8) is 0 Å². The molecular weight excluding hydrogens is 280 g/mol. The highest BCUT2D eigenvalue weighted by atomic mass is 16.5. The van der Waals surface area contributed by atoms with Crippen molar-refractivity contribution < 1.29 is 19.1 Å². The molecule has 1 aliphatic carbocycles. The largest absolute Gasteiger partial charge is 0.462 e. The van der Waals surface area contributed by atoms with Crippen molar-refractivity contribution in [3.8, 4) is 0 Å². The van der Waals surface area contributed by atoms with Crippen LogP contribution in [0.3, 0.4) is 0 Å². The first kappa shape index (κ1) is 18.2. The number of ether oxygens (including phenoxy) is 2. The lowest BCUT2D eigenvalue weighted by molar-refractivity contribution is -0.142. The second-order valence-electron chi connectivity index (χ2n) is 6.39. The number of carbonyl (C=O) groups excluding carboxylic acids is 2. The molecule has 0 saturated heterocycles. The third-order valence-electron chi connectivity index (χ3n) is 2.96. The maximum Gasteiger partial charge on any atom is 0.339 e. The maximum absolute atomic E-state index is 12.2. The predicted molar refractivity (Wildman–Crippen MR) is 86.1 cm³/mol. The summed E-state index contributed by atoms with van der Waals surface area (Å²) in [7, 11) is 0. The van der Waals surface area contributed by atoms with E-state index in [9.17, 15) is 9.59 Å². The molecule has 0 bridgehead atoms. The minimum Gasteiger partial charge on any atom is -0.462 e. The van der Waals surface area contributed by atoms with Crippen molar-refractivity contribution in [2.24, 2.45) is 17.8 Å². The topological polar surface area (TPSA) is 52.6 Å². The molecule has 0 fully saturated rings. The summed E-state index contributed by atoms with van der Waals surface area (Å²) in [5.41, 5.74) is 0.519. The highest BCUT2D eigenvalue weighted by Crippen LogP contribution is 2.19. The minimum absolute atomic E-state index is 0.142. The standard InChI is InChI=1S/C18H26O4/c1-12(2)10-21-17(19)15-8-6-14(5)7-9-16(15)18(20)22-11-13(3)4/h6-9,12-14H,10-11H2,1-5H3. The first-order chi connectivity index (χ1) is 10.3. The monoisotopic (exact) mass is 306 g/mol. The molecule has 122 valence electrons. The molecule has 0 saturated carbocycles. The van der Waals surface area contributed by atoms with E-state index in [4.69, 9.17) is 9.47 Å². The third kappa shape index (κ3) is 5.88. The fourth-order valence-corrected chi connectivity index (χ4v) is 1.74. The second-order valence-corrected chi connectivity index (χ2v) is 6.39. The fourth-order valence-electron chi connectivity index (χ4n) is 1.74. The van der Waals surface area contributed by atoms with Gasteiger partial charge in [0.2, 0.25) is 0 Å². The molecule has 0 N–H and O–H groups in total. The molecule has 1 aliphatic rings. The number of hydrogen-bond donors (Lipinski definition) is 0. The number of carbonyl (C=O) groups is 2. The summed E-state index contributed by atoms with van der Waals surface area (Å²) < 4.78 is 10.5. The Morgan fingerprint density at radius 1 is 0.909 bits per heavy atom. The van der Waals surface area contributed by atoms with Crippen LogP contribution in [0.4, 0.5) is 0 Å². The first-order valence-corrected chi connectivity index (χ1v) is 7.76. The first-order valence-electron chi connectivity index (χ1n) is 7.76. The Morgan fingerprint density at radius 2 is 1.27 bits per heavy atom. The van der Waals surface area contributed by atoms with Crippen LogP contribution in [0.25, 0.3) is 0 Å². The number of rotatable bonds is 6. The molecule has 0 radical (unpaired) electrons. The van der Waals surface area contributed by atoms with E-state index in [0.717, 1.165) is 0 Å². The van der Waals surface area contributed by atoms with Crippen molar-refractivity contribution in [2.45, 2.75) is 34.6 Å². The molecule has 0 heterocycles. The van der Waals surface area contributed by atoms with Gasteiger partial charge < -0.3 is 9.47 Å². The van der Waals surface area contributed by atoms with E-state index in [1.54, 1.807) is 12.2 Å². The Hall–Kier alpha value is -1.84. The normalized spacial score (nSPS) is 15.4. The summed E-state index contributed by atoms with van der Waals surface area (Å²) in [6, 6.07) is 0. The van der Waals surface area contributed by atoms with Gasteiger partial charge in [0.05, 0.1) is 24.4 Å². The smallest absolute Gasteiger partial charge is 0.339 e. The predicted octanol–water partition coefficient (Wildman–Crippen LogP) is 3.44. The lowest BCUT2D eigenvalue weighted by atomic mass is 10.1. The van der Waals surface area contributed by atoms with Gasteiger partial charge in [-0.3, -0.25) is 0 Å². The molecule has 0 atom stereocenters. The third-order valence-corrected chi connectivity index (χ3v) is 2.96. The molecule has 0 aromatic rings. The van der Waals surface area contributed by atoms with Crippen molar-refractivity contribution in [3.05, 3.63) is 35.5 Å². The van der Waals surface area contributed by atoms with Gasteiger partial charge in [0.15, 0.2) is 0 Å². The van der Waals surface area contributed by atoms with Gasteiger partial charge in [-0.2, -0.15) is 0 Å². The Balaban J connectivity index is 2.99. The van der Waals surface area contributed by atoms with Gasteiger partial charge in [-0.1, -0.05) is 58.9 Å². The summed E-state index contributed by atoms with van der Waals surface area (Å²) in [5, 5.41) is 0. The molecule has 0 unspecified atom stereocenters. The molecule has 4 nitrogen and oxygen atoms in total. The van der Waals surface area contributed by atoms with Crippen LogP contribution in [0.5, 0.6) is 0 Å². The van der Waals surface area contributed by atoms with Crippen molar-refractivity contribution >= 4 is 11.9 Å². The van der Waals surface area contributed by atoms with E-state index < -0.39 is 11.9 Å². The van der Waals surface area contributed by atoms with E-state index in [1.807, 2.05) is 46.8 Å². The van der Waals surface area contributed by atoms with Gasteiger partial charge in [0.25, 0.3) is 0 Å². The highest BCUT2D eigenvalue weighted by molar-refractivity contribution is 6.04. The van der Waals surface area contributed by atoms with Crippen molar-refractivity contribution in [2.75, 3.05) is 13.2 Å². The van der Waals surface area contributed by atoms with Crippen molar-refractivity contribution in [1.82, 2.24) is 0 Å². The highest BCUT2D eigenvalue weighted by Gasteiger charge is 2.22. The summed E-state index contributed by atoms with van der Waals surface area (Å²) in [5.74, 6) is -0.348. The fraction of sp³-hybridized carbons (Fsp3) is 0.556. The second kappa shape index (κ2) is 8.57.